The lowest BCUT2D eigenvalue weighted by atomic mass is 9.89. The highest BCUT2D eigenvalue weighted by molar-refractivity contribution is 6.11. The fourth-order valence-corrected chi connectivity index (χ4v) is 5.59. The summed E-state index contributed by atoms with van der Waals surface area (Å²) >= 11 is 0. The molecule has 166 valence electrons. The number of aromatic nitrogens is 2. The first-order valence-electron chi connectivity index (χ1n) is 12.2. The molecule has 0 atom stereocenters. The first kappa shape index (κ1) is 20.4. The van der Waals surface area contributed by atoms with Crippen molar-refractivity contribution >= 4 is 32.8 Å². The molecule has 1 aliphatic carbocycles. The second-order valence-electron chi connectivity index (χ2n) is 10.1. The minimum Gasteiger partial charge on any atom is -0.437 e. The van der Waals surface area contributed by atoms with E-state index in [-0.39, 0.29) is 0 Å². The van der Waals surface area contributed by atoms with Crippen LogP contribution in [0.5, 0.6) is 0 Å². The molecule has 0 unspecified atom stereocenters. The lowest BCUT2D eigenvalue weighted by molar-refractivity contribution is 0.653. The first-order valence-corrected chi connectivity index (χ1v) is 12.2. The van der Waals surface area contributed by atoms with Crippen LogP contribution in [0.3, 0.4) is 0 Å². The molecule has 3 nitrogen and oxygen atoms in total. The zero-order valence-electron chi connectivity index (χ0n) is 19.9. The van der Waals surface area contributed by atoms with Gasteiger partial charge in [-0.25, -0.2) is 4.98 Å². The van der Waals surface area contributed by atoms with Crippen molar-refractivity contribution in [2.75, 3.05) is 0 Å². The summed E-state index contributed by atoms with van der Waals surface area (Å²) in [5.41, 5.74) is 8.48. The van der Waals surface area contributed by atoms with Gasteiger partial charge in [0.15, 0.2) is 0 Å². The molecule has 2 aromatic carbocycles. The van der Waals surface area contributed by atoms with E-state index in [1.54, 1.807) is 0 Å². The molecule has 0 bridgehead atoms. The van der Waals surface area contributed by atoms with Gasteiger partial charge in [0.25, 0.3) is 0 Å². The molecule has 0 saturated heterocycles. The Morgan fingerprint density at radius 2 is 1.67 bits per heavy atom. The van der Waals surface area contributed by atoms with E-state index in [1.165, 1.54) is 47.6 Å². The third kappa shape index (κ3) is 3.33. The lowest BCUT2D eigenvalue weighted by Gasteiger charge is -2.18. The maximum absolute atomic E-state index is 6.40. The summed E-state index contributed by atoms with van der Waals surface area (Å²) in [6.45, 7) is 8.62. The van der Waals surface area contributed by atoms with Gasteiger partial charge < -0.3 is 4.42 Å². The number of rotatable bonds is 3. The molecule has 0 N–H and O–H groups in total. The Hall–Kier alpha value is -3.20. The van der Waals surface area contributed by atoms with Gasteiger partial charge >= 0.3 is 0 Å². The van der Waals surface area contributed by atoms with E-state index in [0.29, 0.717) is 17.5 Å². The van der Waals surface area contributed by atoms with Gasteiger partial charge in [0.2, 0.25) is 5.71 Å². The van der Waals surface area contributed by atoms with Crippen molar-refractivity contribution in [1.82, 2.24) is 9.97 Å². The molecule has 33 heavy (non-hydrogen) atoms. The van der Waals surface area contributed by atoms with Crippen LogP contribution in [0, 0.1) is 13.8 Å². The zero-order chi connectivity index (χ0) is 22.7. The summed E-state index contributed by atoms with van der Waals surface area (Å²) in [7, 11) is 0. The number of hydrogen-bond acceptors (Lipinski definition) is 3. The van der Waals surface area contributed by atoms with E-state index in [2.05, 4.69) is 74.3 Å². The van der Waals surface area contributed by atoms with Gasteiger partial charge in [0.05, 0.1) is 5.69 Å². The fourth-order valence-electron chi connectivity index (χ4n) is 5.59. The number of aryl methyl sites for hydroxylation is 2. The summed E-state index contributed by atoms with van der Waals surface area (Å²) in [6.07, 6.45) is 5.24. The molecule has 5 aromatic rings. The van der Waals surface area contributed by atoms with E-state index in [1.807, 2.05) is 6.92 Å². The zero-order valence-corrected chi connectivity index (χ0v) is 19.9. The second kappa shape index (κ2) is 7.69. The molecule has 6 rings (SSSR count). The monoisotopic (exact) mass is 434 g/mol. The lowest BCUT2D eigenvalue weighted by Crippen LogP contribution is -2.00. The summed E-state index contributed by atoms with van der Waals surface area (Å²) in [4.78, 5) is 9.90. The second-order valence-corrected chi connectivity index (χ2v) is 10.1. The number of nitrogens with zero attached hydrogens (tertiary/aromatic N) is 2. The topological polar surface area (TPSA) is 38.9 Å². The molecule has 1 saturated carbocycles. The molecule has 3 heteroatoms. The number of pyridine rings is 2. The maximum Gasteiger partial charge on any atom is 0.227 e. The van der Waals surface area contributed by atoms with Crippen LogP contribution < -0.4 is 0 Å². The van der Waals surface area contributed by atoms with Crippen LogP contribution in [0.2, 0.25) is 0 Å². The SMILES string of the molecule is Cc1cc(-c2nc(C(C)C)cc3c(C4CCCC4)cccc23)c2oc3nc(C)ccc3c2c1. The Balaban J connectivity index is 1.70. The predicted molar refractivity (Wildman–Crippen MR) is 137 cm³/mol. The molecule has 0 aliphatic heterocycles. The Labute approximate surface area is 194 Å². The summed E-state index contributed by atoms with van der Waals surface area (Å²) in [5.74, 6) is 1.00. The molecular formula is C30H30N2O. The van der Waals surface area contributed by atoms with Gasteiger partial charge in [-0.05, 0) is 85.4 Å². The van der Waals surface area contributed by atoms with Gasteiger partial charge in [-0.1, -0.05) is 44.9 Å². The van der Waals surface area contributed by atoms with Crippen molar-refractivity contribution in [3.63, 3.8) is 0 Å². The van der Waals surface area contributed by atoms with Gasteiger partial charge in [-0.3, -0.25) is 4.98 Å². The van der Waals surface area contributed by atoms with Crippen LogP contribution in [0.25, 0.3) is 44.1 Å². The quantitative estimate of drug-likeness (QED) is 0.285. The Kier molecular flexibility index (Phi) is 4.76. The van der Waals surface area contributed by atoms with Crippen LogP contribution in [0.4, 0.5) is 0 Å². The minimum atomic E-state index is 0.352. The highest BCUT2D eigenvalue weighted by Crippen LogP contribution is 2.42. The first-order chi connectivity index (χ1) is 16.0. The third-order valence-electron chi connectivity index (χ3n) is 7.29. The molecule has 3 heterocycles. The molecular weight excluding hydrogens is 404 g/mol. The van der Waals surface area contributed by atoms with Crippen LogP contribution in [-0.4, -0.2) is 9.97 Å². The van der Waals surface area contributed by atoms with E-state index in [0.717, 1.165) is 39.0 Å². The molecule has 0 amide bonds. The molecule has 1 fully saturated rings. The highest BCUT2D eigenvalue weighted by atomic mass is 16.3. The van der Waals surface area contributed by atoms with Crippen molar-refractivity contribution in [1.29, 1.82) is 0 Å². The summed E-state index contributed by atoms with van der Waals surface area (Å²) in [6, 6.07) is 17.7. The smallest absolute Gasteiger partial charge is 0.227 e. The van der Waals surface area contributed by atoms with Crippen LogP contribution >= 0.6 is 0 Å². The maximum atomic E-state index is 6.40. The Morgan fingerprint density at radius 3 is 2.45 bits per heavy atom. The fraction of sp³-hybridized carbons (Fsp3) is 0.333. The third-order valence-corrected chi connectivity index (χ3v) is 7.29. The molecule has 3 aromatic heterocycles. The van der Waals surface area contributed by atoms with Gasteiger partial charge in [0, 0.05) is 33.1 Å². The van der Waals surface area contributed by atoms with Gasteiger partial charge in [-0.2, -0.15) is 0 Å². The molecule has 0 radical (unpaired) electrons. The van der Waals surface area contributed by atoms with E-state index in [4.69, 9.17) is 9.40 Å². The van der Waals surface area contributed by atoms with Crippen molar-refractivity contribution in [3.8, 4) is 11.3 Å². The van der Waals surface area contributed by atoms with E-state index >= 15 is 0 Å². The summed E-state index contributed by atoms with van der Waals surface area (Å²) in [5, 5.41) is 4.76. The van der Waals surface area contributed by atoms with E-state index in [9.17, 15) is 0 Å². The van der Waals surface area contributed by atoms with E-state index < -0.39 is 0 Å². The highest BCUT2D eigenvalue weighted by Gasteiger charge is 2.23. The Bertz CT molecular complexity index is 1520. The standard InChI is InChI=1S/C30H30N2O/c1-17(2)27-16-24-21(20-8-5-6-9-20)10-7-11-22(24)28(32-27)26-15-18(3)14-25-23-13-12-19(4)31-30(23)33-29(25)26/h7,10-17,20H,5-6,8-9H2,1-4H3. The average Bonchev–Trinajstić information content (AvgIpc) is 3.45. The van der Waals surface area contributed by atoms with Gasteiger partial charge in [-0.15, -0.1) is 0 Å². The van der Waals surface area contributed by atoms with Crippen LogP contribution in [0.1, 0.15) is 73.9 Å². The average molecular weight is 435 g/mol. The van der Waals surface area contributed by atoms with Crippen LogP contribution in [0.15, 0.2) is 52.9 Å². The number of hydrogen-bond donors (Lipinski definition) is 0. The number of furan rings is 1. The van der Waals surface area contributed by atoms with Crippen molar-refractivity contribution in [3.05, 3.63) is 71.0 Å². The van der Waals surface area contributed by atoms with Crippen molar-refractivity contribution in [2.45, 2.75) is 65.2 Å². The molecule has 0 spiro atoms. The number of fused-ring (bicyclic) bond motifs is 4. The summed E-state index contributed by atoms with van der Waals surface area (Å²) < 4.78 is 6.40. The molecule has 1 aliphatic rings. The van der Waals surface area contributed by atoms with Crippen LogP contribution in [-0.2, 0) is 0 Å². The van der Waals surface area contributed by atoms with Crippen molar-refractivity contribution in [2.24, 2.45) is 0 Å². The van der Waals surface area contributed by atoms with Crippen molar-refractivity contribution < 1.29 is 4.42 Å². The number of benzene rings is 2. The minimum absolute atomic E-state index is 0.352. The largest absolute Gasteiger partial charge is 0.437 e. The normalized spacial score (nSPS) is 14.9. The predicted octanol–water partition coefficient (Wildman–Crippen LogP) is 8.59. The van der Waals surface area contributed by atoms with Gasteiger partial charge in [0.1, 0.15) is 5.58 Å². The Morgan fingerprint density at radius 1 is 0.848 bits per heavy atom.